The van der Waals surface area contributed by atoms with Crippen molar-refractivity contribution in [2.75, 3.05) is 11.1 Å². The summed E-state index contributed by atoms with van der Waals surface area (Å²) in [5, 5.41) is 2.96. The van der Waals surface area contributed by atoms with Crippen molar-refractivity contribution >= 4 is 28.2 Å². The summed E-state index contributed by atoms with van der Waals surface area (Å²) in [7, 11) is 0. The quantitative estimate of drug-likeness (QED) is 0.510. The number of nitrogen functional groups attached to an aromatic ring is 1. The second kappa shape index (κ2) is 6.52. The largest absolute Gasteiger partial charge is 0.416 e. The lowest BCUT2D eigenvalue weighted by molar-refractivity contribution is -0.137. The van der Waals surface area contributed by atoms with Gasteiger partial charge < -0.3 is 11.1 Å². The van der Waals surface area contributed by atoms with Gasteiger partial charge in [0, 0.05) is 11.4 Å². The highest BCUT2D eigenvalue weighted by molar-refractivity contribution is 5.81. The number of aromatic nitrogens is 4. The fourth-order valence-electron chi connectivity index (χ4n) is 2.92. The van der Waals surface area contributed by atoms with E-state index in [1.54, 1.807) is 18.3 Å². The predicted octanol–water partition coefficient (Wildman–Crippen LogP) is 4.47. The Hall–Kier alpha value is -3.62. The van der Waals surface area contributed by atoms with Crippen LogP contribution in [0.1, 0.15) is 11.4 Å². The van der Waals surface area contributed by atoms with E-state index >= 15 is 0 Å². The molecule has 0 unspecified atom stereocenters. The molecular formula is C19H15F3N6. The van der Waals surface area contributed by atoms with Crippen LogP contribution in [-0.4, -0.2) is 19.5 Å². The fraction of sp³-hybridized carbons (Fsp3) is 0.105. The Morgan fingerprint density at radius 1 is 1.00 bits per heavy atom. The number of nitrogens with zero attached hydrogens (tertiary/aromatic N) is 4. The number of nitrogens with one attached hydrogen (secondary N) is 1. The number of anilines is 3. The lowest BCUT2D eigenvalue weighted by Crippen LogP contribution is -2.05. The average Bonchev–Trinajstić information content (AvgIpc) is 2.96. The van der Waals surface area contributed by atoms with Gasteiger partial charge in [0.2, 0.25) is 0 Å². The average molecular weight is 384 g/mol. The molecule has 0 radical (unpaired) electrons. The van der Waals surface area contributed by atoms with Gasteiger partial charge in [0.25, 0.3) is 0 Å². The first-order chi connectivity index (χ1) is 13.3. The van der Waals surface area contributed by atoms with E-state index in [0.29, 0.717) is 28.8 Å². The first kappa shape index (κ1) is 17.8. The lowest BCUT2D eigenvalue weighted by atomic mass is 10.2. The number of aryl methyl sites for hydroxylation is 1. The molecule has 0 saturated carbocycles. The molecule has 0 fully saturated rings. The number of benzene rings is 2. The number of fused-ring (bicyclic) bond motifs is 1. The molecular weight excluding hydrogens is 369 g/mol. The van der Waals surface area contributed by atoms with Crippen LogP contribution in [0.5, 0.6) is 0 Å². The normalized spacial score (nSPS) is 11.7. The molecule has 0 aliphatic carbocycles. The van der Waals surface area contributed by atoms with Crippen molar-refractivity contribution in [3.63, 3.8) is 0 Å². The van der Waals surface area contributed by atoms with Crippen LogP contribution in [0.4, 0.5) is 30.4 Å². The molecule has 6 nitrogen and oxygen atoms in total. The Bertz CT molecular complexity index is 1150. The van der Waals surface area contributed by atoms with E-state index in [1.165, 1.54) is 18.3 Å². The van der Waals surface area contributed by atoms with Crippen molar-refractivity contribution < 1.29 is 13.2 Å². The second-order valence-electron chi connectivity index (χ2n) is 6.21. The third-order valence-corrected chi connectivity index (χ3v) is 4.18. The van der Waals surface area contributed by atoms with E-state index < -0.39 is 11.7 Å². The minimum absolute atomic E-state index is 0.391. The van der Waals surface area contributed by atoms with Crippen molar-refractivity contribution in [3.8, 4) is 5.82 Å². The molecule has 0 aliphatic rings. The van der Waals surface area contributed by atoms with Gasteiger partial charge in [0.1, 0.15) is 5.82 Å². The summed E-state index contributed by atoms with van der Waals surface area (Å²) >= 11 is 0. The highest BCUT2D eigenvalue weighted by Gasteiger charge is 2.29. The number of rotatable bonds is 3. The molecule has 0 saturated heterocycles. The molecule has 4 rings (SSSR count). The minimum atomic E-state index is -4.37. The summed E-state index contributed by atoms with van der Waals surface area (Å²) in [6.45, 7) is 1.84. The van der Waals surface area contributed by atoms with Gasteiger partial charge in [0.15, 0.2) is 11.6 Å². The van der Waals surface area contributed by atoms with Crippen LogP contribution in [0.15, 0.2) is 54.9 Å². The number of halogens is 3. The summed E-state index contributed by atoms with van der Waals surface area (Å²) in [4.78, 5) is 13.2. The van der Waals surface area contributed by atoms with Crippen molar-refractivity contribution in [2.45, 2.75) is 13.1 Å². The van der Waals surface area contributed by atoms with Crippen LogP contribution in [0.3, 0.4) is 0 Å². The van der Waals surface area contributed by atoms with Gasteiger partial charge in [-0.3, -0.25) is 9.55 Å². The molecule has 142 valence electrons. The van der Waals surface area contributed by atoms with E-state index in [4.69, 9.17) is 5.73 Å². The maximum atomic E-state index is 12.7. The molecule has 4 aromatic rings. The van der Waals surface area contributed by atoms with E-state index in [2.05, 4.69) is 20.3 Å². The summed E-state index contributed by atoms with van der Waals surface area (Å²) in [6, 6.07) is 10.1. The van der Waals surface area contributed by atoms with Gasteiger partial charge in [-0.2, -0.15) is 13.2 Å². The molecule has 0 spiro atoms. The first-order valence-electron chi connectivity index (χ1n) is 8.32. The Morgan fingerprint density at radius 2 is 1.75 bits per heavy atom. The third kappa shape index (κ3) is 3.34. The summed E-state index contributed by atoms with van der Waals surface area (Å²) in [6.07, 6.45) is -1.31. The Kier molecular flexibility index (Phi) is 4.14. The molecule has 2 aromatic heterocycles. The molecule has 0 aliphatic heterocycles. The van der Waals surface area contributed by atoms with Crippen LogP contribution in [0, 0.1) is 6.92 Å². The van der Waals surface area contributed by atoms with E-state index in [1.807, 2.05) is 17.6 Å². The Balaban J connectivity index is 1.67. The lowest BCUT2D eigenvalue weighted by Gasteiger charge is -2.11. The predicted molar refractivity (Wildman–Crippen MR) is 101 cm³/mol. The van der Waals surface area contributed by atoms with Crippen molar-refractivity contribution in [3.05, 3.63) is 66.2 Å². The molecule has 3 N–H and O–H groups in total. The summed E-state index contributed by atoms with van der Waals surface area (Å²) in [5.74, 6) is 1.62. The fourth-order valence-corrected chi connectivity index (χ4v) is 2.92. The summed E-state index contributed by atoms with van der Waals surface area (Å²) in [5.41, 5.74) is 7.80. The zero-order valence-electron chi connectivity index (χ0n) is 14.7. The molecule has 0 atom stereocenters. The van der Waals surface area contributed by atoms with Crippen LogP contribution >= 0.6 is 0 Å². The maximum Gasteiger partial charge on any atom is 0.416 e. The van der Waals surface area contributed by atoms with Gasteiger partial charge in [-0.25, -0.2) is 9.97 Å². The molecule has 0 amide bonds. The van der Waals surface area contributed by atoms with E-state index in [9.17, 15) is 13.2 Å². The highest BCUT2D eigenvalue weighted by atomic mass is 19.4. The smallest absolute Gasteiger partial charge is 0.399 e. The molecule has 2 heterocycles. The minimum Gasteiger partial charge on any atom is -0.399 e. The van der Waals surface area contributed by atoms with Gasteiger partial charge in [0.05, 0.1) is 29.0 Å². The van der Waals surface area contributed by atoms with E-state index in [-0.39, 0.29) is 0 Å². The monoisotopic (exact) mass is 384 g/mol. The van der Waals surface area contributed by atoms with Crippen LogP contribution in [0.2, 0.25) is 0 Å². The van der Waals surface area contributed by atoms with Crippen molar-refractivity contribution in [1.29, 1.82) is 0 Å². The van der Waals surface area contributed by atoms with Crippen LogP contribution < -0.4 is 11.1 Å². The SMILES string of the molecule is Cc1nc2ccc(N)cc2n1-c1cncc(Nc2ccc(C(F)(F)F)cc2)n1. The Labute approximate surface area is 157 Å². The second-order valence-corrected chi connectivity index (χ2v) is 6.21. The molecule has 2 aromatic carbocycles. The van der Waals surface area contributed by atoms with Crippen molar-refractivity contribution in [1.82, 2.24) is 19.5 Å². The summed E-state index contributed by atoms with van der Waals surface area (Å²) < 4.78 is 39.9. The topological polar surface area (TPSA) is 81.6 Å². The molecule has 9 heteroatoms. The molecule has 0 bridgehead atoms. The number of nitrogens with two attached hydrogens (primary N) is 1. The van der Waals surface area contributed by atoms with Crippen LogP contribution in [-0.2, 0) is 6.18 Å². The van der Waals surface area contributed by atoms with Gasteiger partial charge in [-0.05, 0) is 49.4 Å². The van der Waals surface area contributed by atoms with Crippen LogP contribution in [0.25, 0.3) is 16.9 Å². The third-order valence-electron chi connectivity index (χ3n) is 4.18. The number of imidazole rings is 1. The number of hydrogen-bond acceptors (Lipinski definition) is 5. The van der Waals surface area contributed by atoms with Gasteiger partial charge in [-0.15, -0.1) is 0 Å². The van der Waals surface area contributed by atoms with Gasteiger partial charge >= 0.3 is 6.18 Å². The number of alkyl halides is 3. The van der Waals surface area contributed by atoms with Gasteiger partial charge in [-0.1, -0.05) is 0 Å². The number of hydrogen-bond donors (Lipinski definition) is 2. The van der Waals surface area contributed by atoms with E-state index in [0.717, 1.165) is 23.2 Å². The zero-order valence-corrected chi connectivity index (χ0v) is 14.7. The van der Waals surface area contributed by atoms with Crippen molar-refractivity contribution in [2.24, 2.45) is 0 Å². The Morgan fingerprint density at radius 3 is 2.46 bits per heavy atom. The first-order valence-corrected chi connectivity index (χ1v) is 8.32. The molecule has 28 heavy (non-hydrogen) atoms. The standard InChI is InChI=1S/C19H15F3N6/c1-11-25-15-7-4-13(23)8-16(15)28(11)18-10-24-9-17(27-18)26-14-5-2-12(3-6-14)19(20,21)22/h2-10H,23H2,1H3,(H,26,27). The zero-order chi connectivity index (χ0) is 19.9. The maximum absolute atomic E-state index is 12.7. The highest BCUT2D eigenvalue weighted by Crippen LogP contribution is 2.30.